The number of rotatable bonds is 0. The summed E-state index contributed by atoms with van der Waals surface area (Å²) >= 11 is 0. The van der Waals surface area contributed by atoms with Gasteiger partial charge in [-0.25, -0.2) is 4.99 Å². The lowest BCUT2D eigenvalue weighted by molar-refractivity contribution is 0.262. The van der Waals surface area contributed by atoms with Gasteiger partial charge in [0.1, 0.15) is 11.5 Å². The fourth-order valence-electron chi connectivity index (χ4n) is 0.866. The molecule has 0 aromatic carbocycles. The van der Waals surface area contributed by atoms with Crippen LogP contribution >= 0.6 is 0 Å². The average Bonchev–Trinajstić information content (AvgIpc) is 2.28. The molecule has 2 heterocycles. The summed E-state index contributed by atoms with van der Waals surface area (Å²) in [7, 11) is 0. The molecule has 0 atom stereocenters. The van der Waals surface area contributed by atoms with E-state index in [9.17, 15) is 0 Å². The maximum absolute atomic E-state index is 5.15. The predicted octanol–water partition coefficient (Wildman–Crippen LogP) is 0.897. The smallest absolute Gasteiger partial charge is 0.180 e. The van der Waals surface area contributed by atoms with Crippen molar-refractivity contribution in [2.45, 2.75) is 0 Å². The van der Waals surface area contributed by atoms with E-state index < -0.39 is 0 Å². The first-order chi connectivity index (χ1) is 4.97. The Balaban J connectivity index is 2.42. The van der Waals surface area contributed by atoms with Crippen LogP contribution in [0.5, 0.6) is 0 Å². The lowest BCUT2D eigenvalue weighted by Gasteiger charge is -1.92. The lowest BCUT2D eigenvalue weighted by Crippen LogP contribution is -1.92. The second-order valence-electron chi connectivity index (χ2n) is 1.96. The second-order valence-corrected chi connectivity index (χ2v) is 1.96. The molecule has 0 amide bonds. The molecule has 10 heavy (non-hydrogen) atoms. The molecule has 50 valence electrons. The van der Waals surface area contributed by atoms with Crippen LogP contribution in [0.2, 0.25) is 0 Å². The quantitative estimate of drug-likeness (QED) is 0.484. The van der Waals surface area contributed by atoms with Gasteiger partial charge in [0.05, 0.1) is 0 Å². The van der Waals surface area contributed by atoms with E-state index in [2.05, 4.69) is 9.98 Å². The molecular formula is C7H6N2O. The minimum absolute atomic E-state index is 0.444. The van der Waals surface area contributed by atoms with E-state index in [0.29, 0.717) is 6.73 Å². The van der Waals surface area contributed by atoms with Gasteiger partial charge in [-0.1, -0.05) is 0 Å². The summed E-state index contributed by atoms with van der Waals surface area (Å²) in [6.45, 7) is 0.444. The van der Waals surface area contributed by atoms with E-state index in [1.54, 1.807) is 12.4 Å². The van der Waals surface area contributed by atoms with Crippen LogP contribution in [0.15, 0.2) is 34.1 Å². The van der Waals surface area contributed by atoms with Gasteiger partial charge in [0, 0.05) is 18.5 Å². The Morgan fingerprint density at radius 3 is 3.50 bits per heavy atom. The maximum Gasteiger partial charge on any atom is 0.180 e. The van der Waals surface area contributed by atoms with E-state index in [-0.39, 0.29) is 0 Å². The molecule has 2 aliphatic rings. The molecule has 2 rings (SSSR count). The minimum atomic E-state index is 0.444. The van der Waals surface area contributed by atoms with Crippen LogP contribution in [0.25, 0.3) is 0 Å². The van der Waals surface area contributed by atoms with Crippen LogP contribution in [0.3, 0.4) is 0 Å². The fourth-order valence-corrected chi connectivity index (χ4v) is 0.866. The Labute approximate surface area is 58.4 Å². The number of ether oxygens (including phenoxy) is 1. The molecule has 0 aliphatic carbocycles. The highest BCUT2D eigenvalue weighted by atomic mass is 16.5. The van der Waals surface area contributed by atoms with Crippen molar-refractivity contribution in [1.29, 1.82) is 0 Å². The molecule has 0 spiro atoms. The van der Waals surface area contributed by atoms with E-state index in [1.165, 1.54) is 0 Å². The maximum atomic E-state index is 5.15. The van der Waals surface area contributed by atoms with Gasteiger partial charge in [-0.2, -0.15) is 0 Å². The first-order valence-electron chi connectivity index (χ1n) is 3.04. The number of hydrogen-bond acceptors (Lipinski definition) is 3. The average molecular weight is 134 g/mol. The van der Waals surface area contributed by atoms with Crippen molar-refractivity contribution in [3.8, 4) is 0 Å². The molecule has 0 radical (unpaired) electrons. The molecule has 0 saturated heterocycles. The monoisotopic (exact) mass is 134 g/mol. The summed E-state index contributed by atoms with van der Waals surface area (Å²) in [5.74, 6) is 0.817. The van der Waals surface area contributed by atoms with Crippen molar-refractivity contribution >= 4 is 11.9 Å². The Morgan fingerprint density at radius 1 is 1.50 bits per heavy atom. The number of fused-ring (bicyclic) bond motifs is 1. The molecule has 0 saturated carbocycles. The van der Waals surface area contributed by atoms with Gasteiger partial charge >= 0.3 is 0 Å². The number of aliphatic imine (C=N–C) groups is 2. The minimum Gasteiger partial charge on any atom is -0.469 e. The van der Waals surface area contributed by atoms with Crippen molar-refractivity contribution in [2.75, 3.05) is 6.73 Å². The van der Waals surface area contributed by atoms with Gasteiger partial charge in [-0.3, -0.25) is 4.99 Å². The molecule has 0 unspecified atom stereocenters. The Bertz CT molecular complexity index is 261. The van der Waals surface area contributed by atoms with E-state index in [1.807, 2.05) is 12.2 Å². The Morgan fingerprint density at radius 2 is 2.50 bits per heavy atom. The standard InChI is InChI=1S/C7H6N2O/c1-3-8-4-2-7-6(1)9-5-10-7/h1-4H,5H2. The molecular weight excluding hydrogens is 128 g/mol. The molecule has 0 aromatic rings. The third-order valence-corrected chi connectivity index (χ3v) is 1.34. The topological polar surface area (TPSA) is 34.0 Å². The first kappa shape index (κ1) is 5.41. The summed E-state index contributed by atoms with van der Waals surface area (Å²) in [5, 5.41) is 0. The van der Waals surface area contributed by atoms with E-state index in [0.717, 1.165) is 11.5 Å². The summed E-state index contributed by atoms with van der Waals surface area (Å²) in [5.41, 5.74) is 0.887. The summed E-state index contributed by atoms with van der Waals surface area (Å²) in [4.78, 5) is 7.99. The molecule has 2 aliphatic heterocycles. The zero-order chi connectivity index (χ0) is 6.81. The largest absolute Gasteiger partial charge is 0.469 e. The van der Waals surface area contributed by atoms with Crippen LogP contribution in [0.4, 0.5) is 0 Å². The third kappa shape index (κ3) is 0.757. The van der Waals surface area contributed by atoms with Crippen molar-refractivity contribution in [3.63, 3.8) is 0 Å². The van der Waals surface area contributed by atoms with Gasteiger partial charge < -0.3 is 4.74 Å². The Kier molecular flexibility index (Phi) is 1.13. The van der Waals surface area contributed by atoms with Gasteiger partial charge in [0.2, 0.25) is 0 Å². The number of nitrogens with zero attached hydrogens (tertiary/aromatic N) is 2. The van der Waals surface area contributed by atoms with Crippen LogP contribution in [0.1, 0.15) is 0 Å². The summed E-state index contributed by atoms with van der Waals surface area (Å²) in [6.07, 6.45) is 7.05. The van der Waals surface area contributed by atoms with E-state index in [4.69, 9.17) is 4.74 Å². The molecule has 0 N–H and O–H groups in total. The highest BCUT2D eigenvalue weighted by Gasteiger charge is 2.11. The van der Waals surface area contributed by atoms with Gasteiger partial charge in [0.15, 0.2) is 6.73 Å². The van der Waals surface area contributed by atoms with Crippen molar-refractivity contribution in [2.24, 2.45) is 9.98 Å². The molecule has 0 aromatic heterocycles. The molecule has 0 bridgehead atoms. The van der Waals surface area contributed by atoms with Gasteiger partial charge in [-0.15, -0.1) is 0 Å². The van der Waals surface area contributed by atoms with Crippen LogP contribution in [0, 0.1) is 0 Å². The van der Waals surface area contributed by atoms with Crippen LogP contribution in [-0.4, -0.2) is 18.7 Å². The summed E-state index contributed by atoms with van der Waals surface area (Å²) < 4.78 is 5.15. The SMILES string of the molecule is C1=CC2=NCOC2=CC=N1. The number of allylic oxidation sites excluding steroid dienone is 2. The molecule has 3 heteroatoms. The lowest BCUT2D eigenvalue weighted by atomic mass is 10.3. The van der Waals surface area contributed by atoms with E-state index >= 15 is 0 Å². The highest BCUT2D eigenvalue weighted by Crippen LogP contribution is 2.10. The Hall–Kier alpha value is -1.38. The third-order valence-electron chi connectivity index (χ3n) is 1.34. The first-order valence-corrected chi connectivity index (χ1v) is 3.04. The fraction of sp³-hybridized carbons (Fsp3) is 0.143. The van der Waals surface area contributed by atoms with Crippen molar-refractivity contribution in [1.82, 2.24) is 0 Å². The number of hydrogen-bond donors (Lipinski definition) is 0. The summed E-state index contributed by atoms with van der Waals surface area (Å²) in [6, 6.07) is 0. The van der Waals surface area contributed by atoms with Crippen molar-refractivity contribution < 1.29 is 4.74 Å². The van der Waals surface area contributed by atoms with Crippen LogP contribution < -0.4 is 0 Å². The molecule has 3 nitrogen and oxygen atoms in total. The normalized spacial score (nSPS) is 20.8. The van der Waals surface area contributed by atoms with Crippen LogP contribution in [-0.2, 0) is 4.74 Å². The molecule has 0 fully saturated rings. The predicted molar refractivity (Wildman–Crippen MR) is 39.1 cm³/mol. The highest BCUT2D eigenvalue weighted by molar-refractivity contribution is 6.10. The van der Waals surface area contributed by atoms with Crippen molar-refractivity contribution in [3.05, 3.63) is 24.1 Å². The van der Waals surface area contributed by atoms with Gasteiger partial charge in [-0.05, 0) is 6.08 Å². The zero-order valence-electron chi connectivity index (χ0n) is 5.32. The zero-order valence-corrected chi connectivity index (χ0v) is 5.32. The second kappa shape index (κ2) is 2.10. The van der Waals surface area contributed by atoms with Gasteiger partial charge in [0.25, 0.3) is 0 Å².